The number of rotatable bonds is 2. The van der Waals surface area contributed by atoms with Crippen LogP contribution in [0.4, 0.5) is 0 Å². The predicted octanol–water partition coefficient (Wildman–Crippen LogP) is 2.86. The molecule has 2 aromatic rings. The third kappa shape index (κ3) is 1.90. The van der Waals surface area contributed by atoms with Crippen molar-refractivity contribution in [1.29, 1.82) is 0 Å². The second-order valence-electron chi connectivity index (χ2n) is 2.99. The average Bonchev–Trinajstić information content (AvgIpc) is 2.28. The molecule has 0 amide bonds. The highest BCUT2D eigenvalue weighted by molar-refractivity contribution is 9.06. The highest BCUT2D eigenvalue weighted by Crippen LogP contribution is 2.24. The van der Waals surface area contributed by atoms with Crippen LogP contribution in [0.25, 0.3) is 10.8 Å². The normalized spacial score (nSPS) is 11.8. The van der Waals surface area contributed by atoms with E-state index in [4.69, 9.17) is 0 Å². The van der Waals surface area contributed by atoms with Gasteiger partial charge in [-0.15, -0.1) is 0 Å². The summed E-state index contributed by atoms with van der Waals surface area (Å²) in [6.07, 6.45) is 0. The minimum atomic E-state index is -3.71. The van der Waals surface area contributed by atoms with E-state index in [0.717, 1.165) is 5.39 Å². The Bertz CT molecular complexity index is 587. The zero-order chi connectivity index (χ0) is 10.9. The van der Waals surface area contributed by atoms with Crippen LogP contribution in [0.5, 0.6) is 0 Å². The van der Waals surface area contributed by atoms with E-state index in [0.29, 0.717) is 5.39 Å². The summed E-state index contributed by atoms with van der Waals surface area (Å²) >= 11 is 2.51. The van der Waals surface area contributed by atoms with Crippen molar-refractivity contribution in [3.63, 3.8) is 0 Å². The van der Waals surface area contributed by atoms with E-state index in [2.05, 4.69) is 19.5 Å². The van der Waals surface area contributed by atoms with Gasteiger partial charge in [-0.3, -0.25) is 0 Å². The van der Waals surface area contributed by atoms with Gasteiger partial charge in [-0.05, 0) is 11.5 Å². The molecule has 0 unspecified atom stereocenters. The van der Waals surface area contributed by atoms with E-state index in [9.17, 15) is 8.42 Å². The highest BCUT2D eigenvalue weighted by atomic mass is 79.9. The molecule has 0 aliphatic rings. The van der Waals surface area contributed by atoms with Crippen LogP contribution in [-0.2, 0) is 13.4 Å². The topological polar surface area (TPSA) is 43.4 Å². The van der Waals surface area contributed by atoms with Gasteiger partial charge >= 0.3 is 10.1 Å². The third-order valence-electron chi connectivity index (χ3n) is 2.10. The van der Waals surface area contributed by atoms with E-state index in [1.165, 1.54) is 6.07 Å². The molecule has 5 heteroatoms. The fraction of sp³-hybridized carbons (Fsp3) is 0. The first kappa shape index (κ1) is 10.6. The molecule has 0 bridgehead atoms. The summed E-state index contributed by atoms with van der Waals surface area (Å²) in [6.45, 7) is 0. The van der Waals surface area contributed by atoms with Gasteiger partial charge in [-0.2, -0.15) is 11.7 Å². The lowest BCUT2D eigenvalue weighted by Crippen LogP contribution is -2.00. The molecule has 0 aromatic heterocycles. The Kier molecular flexibility index (Phi) is 2.77. The third-order valence-corrected chi connectivity index (χ3v) is 4.21. The van der Waals surface area contributed by atoms with Gasteiger partial charge in [0, 0.05) is 5.39 Å². The number of hydrogen-bond donors (Lipinski definition) is 0. The molecule has 0 aliphatic carbocycles. The quantitative estimate of drug-likeness (QED) is 0.853. The van der Waals surface area contributed by atoms with Crippen molar-refractivity contribution in [2.45, 2.75) is 4.90 Å². The van der Waals surface area contributed by atoms with Crippen molar-refractivity contribution in [2.75, 3.05) is 0 Å². The molecule has 0 aliphatic heterocycles. The van der Waals surface area contributed by atoms with Gasteiger partial charge in [0.1, 0.15) is 21.2 Å². The Morgan fingerprint density at radius 1 is 1.00 bits per heavy atom. The predicted molar refractivity (Wildman–Crippen MR) is 61.1 cm³/mol. The molecule has 0 radical (unpaired) electrons. The first-order chi connectivity index (χ1) is 7.15. The van der Waals surface area contributed by atoms with Crippen molar-refractivity contribution < 1.29 is 11.7 Å². The highest BCUT2D eigenvalue weighted by Gasteiger charge is 2.16. The monoisotopic (exact) mass is 286 g/mol. The Morgan fingerprint density at radius 3 is 2.40 bits per heavy atom. The van der Waals surface area contributed by atoms with Crippen LogP contribution in [0.1, 0.15) is 0 Å². The van der Waals surface area contributed by atoms with Crippen molar-refractivity contribution in [3.05, 3.63) is 42.5 Å². The standard InChI is InChI=1S/C10H7BrO3S/c11-14-15(12,13)10-7-3-5-8-4-1-2-6-9(8)10/h1-7H. The molecule has 78 valence electrons. The SMILES string of the molecule is O=S(=O)(OBr)c1cccc2ccccc12. The van der Waals surface area contributed by atoms with Gasteiger partial charge < -0.3 is 0 Å². The van der Waals surface area contributed by atoms with Crippen LogP contribution in [0.3, 0.4) is 0 Å². The molecule has 0 heterocycles. The molecule has 3 nitrogen and oxygen atoms in total. The average molecular weight is 287 g/mol. The Labute approximate surface area is 96.3 Å². The van der Waals surface area contributed by atoms with E-state index in [1.807, 2.05) is 18.2 Å². The van der Waals surface area contributed by atoms with E-state index < -0.39 is 10.1 Å². The maximum absolute atomic E-state index is 11.5. The van der Waals surface area contributed by atoms with Gasteiger partial charge in [-0.25, -0.2) is 0 Å². The van der Waals surface area contributed by atoms with E-state index in [-0.39, 0.29) is 4.90 Å². The molecule has 2 aromatic carbocycles. The zero-order valence-electron chi connectivity index (χ0n) is 7.55. The minimum Gasteiger partial charge on any atom is -0.193 e. The fourth-order valence-corrected chi connectivity index (χ4v) is 2.64. The Morgan fingerprint density at radius 2 is 1.67 bits per heavy atom. The van der Waals surface area contributed by atoms with Gasteiger partial charge in [0.05, 0.1) is 0 Å². The Balaban J connectivity index is 2.83. The van der Waals surface area contributed by atoms with E-state index in [1.54, 1.807) is 18.2 Å². The maximum Gasteiger partial charge on any atom is 0.308 e. The fourth-order valence-electron chi connectivity index (χ4n) is 1.45. The van der Waals surface area contributed by atoms with Crippen LogP contribution in [0, 0.1) is 0 Å². The van der Waals surface area contributed by atoms with Gasteiger partial charge in [0.15, 0.2) is 0 Å². The lowest BCUT2D eigenvalue weighted by atomic mass is 10.1. The van der Waals surface area contributed by atoms with Crippen LogP contribution < -0.4 is 0 Å². The molecule has 2 rings (SSSR count). The second-order valence-corrected chi connectivity index (χ2v) is 5.26. The number of fused-ring (bicyclic) bond motifs is 1. The van der Waals surface area contributed by atoms with Crippen LogP contribution in [0.15, 0.2) is 47.4 Å². The van der Waals surface area contributed by atoms with Crippen molar-refractivity contribution in [2.24, 2.45) is 0 Å². The summed E-state index contributed by atoms with van der Waals surface area (Å²) in [6, 6.07) is 12.3. The molecular weight excluding hydrogens is 280 g/mol. The van der Waals surface area contributed by atoms with Crippen molar-refractivity contribution in [3.8, 4) is 0 Å². The molecule has 0 fully saturated rings. The first-order valence-electron chi connectivity index (χ1n) is 4.18. The summed E-state index contributed by atoms with van der Waals surface area (Å²) in [7, 11) is -3.71. The van der Waals surface area contributed by atoms with Crippen molar-refractivity contribution in [1.82, 2.24) is 0 Å². The summed E-state index contributed by atoms with van der Waals surface area (Å²) in [5.41, 5.74) is 0. The Hall–Kier alpha value is -0.910. The zero-order valence-corrected chi connectivity index (χ0v) is 9.95. The molecular formula is C10H7BrO3S. The van der Waals surface area contributed by atoms with Crippen molar-refractivity contribution >= 4 is 37.1 Å². The van der Waals surface area contributed by atoms with Crippen LogP contribution >= 0.6 is 16.3 Å². The van der Waals surface area contributed by atoms with Crippen LogP contribution in [0.2, 0.25) is 0 Å². The molecule has 0 saturated heterocycles. The minimum absolute atomic E-state index is 0.164. The maximum atomic E-state index is 11.5. The lowest BCUT2D eigenvalue weighted by Gasteiger charge is -2.04. The lowest BCUT2D eigenvalue weighted by molar-refractivity contribution is 0.528. The van der Waals surface area contributed by atoms with Crippen LogP contribution in [-0.4, -0.2) is 8.42 Å². The summed E-state index contributed by atoms with van der Waals surface area (Å²) in [4.78, 5) is 0.164. The smallest absolute Gasteiger partial charge is 0.193 e. The molecule has 0 atom stereocenters. The van der Waals surface area contributed by atoms with Gasteiger partial charge in [0.2, 0.25) is 0 Å². The van der Waals surface area contributed by atoms with Gasteiger partial charge in [0.25, 0.3) is 0 Å². The molecule has 0 N–H and O–H groups in total. The summed E-state index contributed by atoms with van der Waals surface area (Å²) in [5, 5.41) is 1.52. The number of halogens is 1. The first-order valence-corrected chi connectivity index (χ1v) is 6.24. The number of hydrogen-bond acceptors (Lipinski definition) is 3. The second kappa shape index (κ2) is 3.92. The summed E-state index contributed by atoms with van der Waals surface area (Å²) < 4.78 is 27.4. The number of benzene rings is 2. The molecule has 15 heavy (non-hydrogen) atoms. The largest absolute Gasteiger partial charge is 0.308 e. The van der Waals surface area contributed by atoms with Gasteiger partial charge in [-0.1, -0.05) is 36.4 Å². The molecule has 0 spiro atoms. The molecule has 0 saturated carbocycles. The summed E-state index contributed by atoms with van der Waals surface area (Å²) in [5.74, 6) is 0. The van der Waals surface area contributed by atoms with E-state index >= 15 is 0 Å².